The van der Waals surface area contributed by atoms with Crippen molar-refractivity contribution in [1.29, 1.82) is 0 Å². The van der Waals surface area contributed by atoms with Crippen LogP contribution < -0.4 is 9.47 Å². The molecule has 3 rings (SSSR count). The Balaban J connectivity index is 1.60. The molecule has 0 saturated heterocycles. The van der Waals surface area contributed by atoms with Crippen molar-refractivity contribution in [3.8, 4) is 22.8 Å². The molecular weight excluding hydrogens is 691 g/mol. The van der Waals surface area contributed by atoms with Gasteiger partial charge >= 0.3 is 30.8 Å². The average Bonchev–Trinajstić information content (AvgIpc) is 3.38. The van der Waals surface area contributed by atoms with E-state index in [9.17, 15) is 44.3 Å². The maximum atomic E-state index is 14.2. The first-order valence-corrected chi connectivity index (χ1v) is 15.6. The largest absolute Gasteiger partial charge is 0.573 e. The quantitative estimate of drug-likeness (QED) is 0.0377. The van der Waals surface area contributed by atoms with Crippen LogP contribution in [0, 0.1) is 11.8 Å². The van der Waals surface area contributed by atoms with Gasteiger partial charge in [-0.05, 0) is 54.7 Å². The number of aryl methyl sites for hydroxylation is 1. The van der Waals surface area contributed by atoms with Gasteiger partial charge in [0.2, 0.25) is 0 Å². The second-order valence-electron chi connectivity index (χ2n) is 11.6. The molecule has 0 spiro atoms. The molecular formula is C34H37F9O7. The molecule has 2 aromatic carbocycles. The summed E-state index contributed by atoms with van der Waals surface area (Å²) in [6.45, 7) is 6.68. The highest BCUT2D eigenvalue weighted by atomic mass is 19.4. The van der Waals surface area contributed by atoms with Gasteiger partial charge in [0.05, 0.1) is 37.5 Å². The summed E-state index contributed by atoms with van der Waals surface area (Å²) in [5.41, 5.74) is 0.718. The number of carbonyl (C=O) groups is 1. The number of ether oxygens (including phenoxy) is 5. The minimum Gasteiger partial charge on any atom is -0.493 e. The molecule has 16 heteroatoms. The van der Waals surface area contributed by atoms with Gasteiger partial charge in [0.15, 0.2) is 0 Å². The molecule has 0 N–H and O–H groups in total. The Morgan fingerprint density at radius 1 is 0.880 bits per heavy atom. The molecule has 0 aliphatic rings. The molecule has 278 valence electrons. The number of unbranched alkanes of at least 4 members (excludes halogenated alkanes) is 2. The van der Waals surface area contributed by atoms with Crippen LogP contribution in [0.1, 0.15) is 58.4 Å². The van der Waals surface area contributed by atoms with E-state index in [1.165, 1.54) is 42.5 Å². The number of fused-ring (bicyclic) bond motifs is 1. The first-order chi connectivity index (χ1) is 23.2. The Bertz CT molecular complexity index is 1570. The summed E-state index contributed by atoms with van der Waals surface area (Å²) in [7, 11) is 0. The lowest BCUT2D eigenvalue weighted by atomic mass is 9.96. The van der Waals surface area contributed by atoms with Crippen LogP contribution in [0.15, 0.2) is 59.5 Å². The fraction of sp³-hybridized carbons (Fsp3) is 0.500. The van der Waals surface area contributed by atoms with Crippen LogP contribution in [0.25, 0.3) is 22.3 Å². The van der Waals surface area contributed by atoms with Gasteiger partial charge in [-0.1, -0.05) is 45.8 Å². The fourth-order valence-electron chi connectivity index (χ4n) is 4.71. The van der Waals surface area contributed by atoms with Gasteiger partial charge in [-0.3, -0.25) is 4.79 Å². The number of halogens is 9. The third-order valence-corrected chi connectivity index (χ3v) is 7.18. The summed E-state index contributed by atoms with van der Waals surface area (Å²) in [5, 5.41) is 0.402. The van der Waals surface area contributed by atoms with Gasteiger partial charge < -0.3 is 18.6 Å². The van der Waals surface area contributed by atoms with Gasteiger partial charge in [-0.25, -0.2) is 9.47 Å². The van der Waals surface area contributed by atoms with Crippen LogP contribution in [0.3, 0.4) is 0 Å². The van der Waals surface area contributed by atoms with Gasteiger partial charge in [0.25, 0.3) is 0 Å². The highest BCUT2D eigenvalue weighted by molar-refractivity contribution is 5.85. The molecule has 0 aliphatic heterocycles. The smallest absolute Gasteiger partial charge is 0.493 e. The van der Waals surface area contributed by atoms with E-state index < -0.39 is 68.6 Å². The van der Waals surface area contributed by atoms with Crippen LogP contribution >= 0.6 is 0 Å². The number of hydrogen-bond donors (Lipinski definition) is 0. The molecule has 0 amide bonds. The van der Waals surface area contributed by atoms with Gasteiger partial charge in [0.1, 0.15) is 22.8 Å². The number of alkyl halides is 9. The highest BCUT2D eigenvalue weighted by Crippen LogP contribution is 2.39. The van der Waals surface area contributed by atoms with Crippen LogP contribution in [0.5, 0.6) is 11.5 Å². The minimum atomic E-state index is -5.45. The molecule has 0 aliphatic carbocycles. The molecule has 0 fully saturated rings. The highest BCUT2D eigenvalue weighted by Gasteiger charge is 2.52. The summed E-state index contributed by atoms with van der Waals surface area (Å²) >= 11 is 0. The lowest BCUT2D eigenvalue weighted by molar-refractivity contribution is -0.514. The van der Waals surface area contributed by atoms with E-state index in [0.717, 1.165) is 19.3 Å². The van der Waals surface area contributed by atoms with E-state index in [4.69, 9.17) is 9.15 Å². The zero-order chi connectivity index (χ0) is 37.3. The topological polar surface area (TPSA) is 76.4 Å². The molecule has 7 nitrogen and oxygen atoms in total. The summed E-state index contributed by atoms with van der Waals surface area (Å²) in [6, 6.07) is 9.73. The van der Waals surface area contributed by atoms with Crippen molar-refractivity contribution in [2.45, 2.75) is 84.2 Å². The average molecular weight is 729 g/mol. The minimum absolute atomic E-state index is 0.000717. The maximum Gasteiger partial charge on any atom is 0.573 e. The van der Waals surface area contributed by atoms with E-state index in [0.29, 0.717) is 17.4 Å². The standard InChI is InChI=1S/C34H37F9O7/c1-5-7-8-9-22-10-13-26(29(18-22)48-33(39,40)41)28-19-23-11-12-24(20-27(23)47-28)45-16-14-31(35,36)49-34(42,43)50-32(37,38)15-17-46-30(44)25(6-2)21(3)4/h6,10-13,18-21,25H,2,5,7-9,14-17H2,1,3-4H3. The Kier molecular flexibility index (Phi) is 13.7. The predicted octanol–water partition coefficient (Wildman–Crippen LogP) is 10.7. The maximum absolute atomic E-state index is 14.2. The van der Waals surface area contributed by atoms with E-state index in [1.54, 1.807) is 19.9 Å². The zero-order valence-electron chi connectivity index (χ0n) is 27.4. The van der Waals surface area contributed by atoms with Crippen LogP contribution in [0.4, 0.5) is 39.5 Å². The SMILES string of the molecule is C=CC(C(=O)OCCC(F)(F)OC(F)(F)OC(F)(F)CCOc1ccc2cc(-c3ccc(CCCCC)cc3OC(F)(F)F)oc2c1)C(C)C. The Hall–Kier alpha value is -3.92. The molecule has 1 heterocycles. The normalized spacial score (nSPS) is 13.5. The van der Waals surface area contributed by atoms with E-state index >= 15 is 0 Å². The Morgan fingerprint density at radius 3 is 2.14 bits per heavy atom. The molecule has 0 bridgehead atoms. The number of rotatable bonds is 20. The second-order valence-corrected chi connectivity index (χ2v) is 11.6. The van der Waals surface area contributed by atoms with Crippen molar-refractivity contribution in [1.82, 2.24) is 0 Å². The lowest BCUT2D eigenvalue weighted by Gasteiger charge is -2.26. The number of carbonyl (C=O) groups excluding carboxylic acids is 1. The molecule has 1 aromatic heterocycles. The fourth-order valence-corrected chi connectivity index (χ4v) is 4.71. The zero-order valence-corrected chi connectivity index (χ0v) is 27.4. The Morgan fingerprint density at radius 2 is 1.54 bits per heavy atom. The van der Waals surface area contributed by atoms with Crippen molar-refractivity contribution < 1.29 is 72.4 Å². The summed E-state index contributed by atoms with van der Waals surface area (Å²) in [5.74, 6) is -2.62. The summed E-state index contributed by atoms with van der Waals surface area (Å²) in [4.78, 5) is 11.9. The van der Waals surface area contributed by atoms with Gasteiger partial charge in [-0.2, -0.15) is 17.6 Å². The molecule has 50 heavy (non-hydrogen) atoms. The van der Waals surface area contributed by atoms with Crippen molar-refractivity contribution in [3.05, 3.63) is 60.7 Å². The van der Waals surface area contributed by atoms with E-state index in [-0.39, 0.29) is 28.6 Å². The number of benzene rings is 2. The number of furan rings is 1. The van der Waals surface area contributed by atoms with Crippen molar-refractivity contribution in [2.24, 2.45) is 11.8 Å². The second kappa shape index (κ2) is 16.9. The van der Waals surface area contributed by atoms with Gasteiger partial charge in [0, 0.05) is 11.5 Å². The van der Waals surface area contributed by atoms with Crippen LogP contribution in [0.2, 0.25) is 0 Å². The Labute approximate surface area is 282 Å². The van der Waals surface area contributed by atoms with E-state index in [1.807, 2.05) is 6.92 Å². The first kappa shape index (κ1) is 40.5. The summed E-state index contributed by atoms with van der Waals surface area (Å²) < 4.78 is 150. The summed E-state index contributed by atoms with van der Waals surface area (Å²) in [6.07, 6.45) is -18.6. The monoisotopic (exact) mass is 728 g/mol. The molecule has 3 aromatic rings. The van der Waals surface area contributed by atoms with Crippen LogP contribution in [-0.2, 0) is 25.4 Å². The molecule has 1 unspecified atom stereocenters. The number of hydrogen-bond acceptors (Lipinski definition) is 7. The predicted molar refractivity (Wildman–Crippen MR) is 163 cm³/mol. The van der Waals surface area contributed by atoms with Crippen molar-refractivity contribution in [2.75, 3.05) is 13.2 Å². The molecule has 1 atom stereocenters. The lowest BCUT2D eigenvalue weighted by Crippen LogP contribution is -2.41. The third kappa shape index (κ3) is 12.8. The van der Waals surface area contributed by atoms with Gasteiger partial charge in [-0.15, -0.1) is 28.5 Å². The molecule has 0 saturated carbocycles. The van der Waals surface area contributed by atoms with Crippen molar-refractivity contribution in [3.63, 3.8) is 0 Å². The van der Waals surface area contributed by atoms with Crippen molar-refractivity contribution >= 4 is 16.9 Å². The van der Waals surface area contributed by atoms with E-state index in [2.05, 4.69) is 25.5 Å². The first-order valence-electron chi connectivity index (χ1n) is 15.6. The number of esters is 1. The molecule has 0 radical (unpaired) electrons. The third-order valence-electron chi connectivity index (χ3n) is 7.18. The van der Waals surface area contributed by atoms with Crippen LogP contribution in [-0.4, -0.2) is 44.1 Å².